The Balaban J connectivity index is 2.27. The Bertz CT molecular complexity index is 211. The highest BCUT2D eigenvalue weighted by Crippen LogP contribution is 2.16. The van der Waals surface area contributed by atoms with E-state index < -0.39 is 0 Å². The van der Waals surface area contributed by atoms with Crippen LogP contribution in [-0.4, -0.2) is 30.7 Å². The fourth-order valence-corrected chi connectivity index (χ4v) is 1.86. The molecule has 0 bridgehead atoms. The molecule has 0 radical (unpaired) electrons. The van der Waals surface area contributed by atoms with Crippen molar-refractivity contribution < 1.29 is 9.53 Å². The van der Waals surface area contributed by atoms with E-state index in [1.807, 2.05) is 13.8 Å². The van der Waals surface area contributed by atoms with Crippen LogP contribution < -0.4 is 11.1 Å². The molecular formula is C11H22N2O2. The molecule has 1 heterocycles. The molecule has 0 aromatic rings. The second-order valence-corrected chi connectivity index (χ2v) is 4.81. The van der Waals surface area contributed by atoms with E-state index in [-0.39, 0.29) is 17.6 Å². The first kappa shape index (κ1) is 12.5. The third kappa shape index (κ3) is 4.62. The van der Waals surface area contributed by atoms with Gasteiger partial charge in [-0.2, -0.15) is 0 Å². The molecule has 0 spiro atoms. The van der Waals surface area contributed by atoms with Crippen molar-refractivity contribution in [3.8, 4) is 0 Å². The zero-order valence-corrected chi connectivity index (χ0v) is 9.71. The first-order valence-electron chi connectivity index (χ1n) is 5.66. The van der Waals surface area contributed by atoms with Crippen molar-refractivity contribution >= 4 is 5.91 Å². The number of amides is 1. The highest BCUT2D eigenvalue weighted by molar-refractivity contribution is 5.77. The molecule has 1 aliphatic heterocycles. The smallest absolute Gasteiger partial charge is 0.223 e. The van der Waals surface area contributed by atoms with Gasteiger partial charge in [-0.15, -0.1) is 0 Å². The van der Waals surface area contributed by atoms with Crippen LogP contribution >= 0.6 is 0 Å². The largest absolute Gasteiger partial charge is 0.378 e. The fourth-order valence-electron chi connectivity index (χ4n) is 1.86. The third-order valence-corrected chi connectivity index (χ3v) is 2.68. The average Bonchev–Trinajstić information content (AvgIpc) is 2.54. The molecule has 1 atom stereocenters. The number of nitrogens with two attached hydrogens (primary N) is 1. The van der Waals surface area contributed by atoms with Gasteiger partial charge in [0, 0.05) is 12.1 Å². The number of nitrogens with one attached hydrogen (secondary N) is 1. The summed E-state index contributed by atoms with van der Waals surface area (Å²) in [6, 6.07) is 0. The molecule has 4 heteroatoms. The Hall–Kier alpha value is -0.610. The highest BCUT2D eigenvalue weighted by atomic mass is 16.5. The minimum atomic E-state index is -0.204. The molecule has 1 saturated heterocycles. The monoisotopic (exact) mass is 214 g/mol. The SMILES string of the molecule is CC(C)(CCN)NC(=O)CC1CCCO1. The van der Waals surface area contributed by atoms with Gasteiger partial charge in [-0.25, -0.2) is 0 Å². The number of carbonyl (C=O) groups excluding carboxylic acids is 1. The molecule has 0 aromatic heterocycles. The van der Waals surface area contributed by atoms with Gasteiger partial charge in [0.1, 0.15) is 0 Å². The lowest BCUT2D eigenvalue weighted by molar-refractivity contribution is -0.124. The van der Waals surface area contributed by atoms with Crippen LogP contribution in [0.15, 0.2) is 0 Å². The molecule has 1 fully saturated rings. The van der Waals surface area contributed by atoms with Crippen LogP contribution in [0, 0.1) is 0 Å². The molecule has 15 heavy (non-hydrogen) atoms. The van der Waals surface area contributed by atoms with Crippen LogP contribution in [0.5, 0.6) is 0 Å². The van der Waals surface area contributed by atoms with E-state index in [0.29, 0.717) is 13.0 Å². The van der Waals surface area contributed by atoms with Crippen molar-refractivity contribution in [2.24, 2.45) is 5.73 Å². The van der Waals surface area contributed by atoms with Gasteiger partial charge in [0.25, 0.3) is 0 Å². The summed E-state index contributed by atoms with van der Waals surface area (Å²) in [6.45, 7) is 5.37. The van der Waals surface area contributed by atoms with Gasteiger partial charge in [-0.1, -0.05) is 0 Å². The Morgan fingerprint density at radius 1 is 1.60 bits per heavy atom. The number of rotatable bonds is 5. The summed E-state index contributed by atoms with van der Waals surface area (Å²) in [5.74, 6) is 0.0698. The van der Waals surface area contributed by atoms with E-state index in [0.717, 1.165) is 25.9 Å². The predicted octanol–water partition coefficient (Wildman–Crippen LogP) is 0.799. The molecule has 0 aromatic carbocycles. The van der Waals surface area contributed by atoms with Gasteiger partial charge in [-0.05, 0) is 39.7 Å². The van der Waals surface area contributed by atoms with E-state index in [2.05, 4.69) is 5.32 Å². The average molecular weight is 214 g/mol. The van der Waals surface area contributed by atoms with E-state index >= 15 is 0 Å². The predicted molar refractivity (Wildman–Crippen MR) is 59.5 cm³/mol. The van der Waals surface area contributed by atoms with Crippen molar-refractivity contribution in [1.82, 2.24) is 5.32 Å². The zero-order valence-electron chi connectivity index (χ0n) is 9.71. The van der Waals surface area contributed by atoms with Gasteiger partial charge >= 0.3 is 0 Å². The fraction of sp³-hybridized carbons (Fsp3) is 0.909. The second kappa shape index (κ2) is 5.47. The highest BCUT2D eigenvalue weighted by Gasteiger charge is 2.23. The molecule has 88 valence electrons. The maximum absolute atomic E-state index is 11.7. The van der Waals surface area contributed by atoms with Crippen molar-refractivity contribution in [2.45, 2.75) is 51.2 Å². The quantitative estimate of drug-likeness (QED) is 0.711. The second-order valence-electron chi connectivity index (χ2n) is 4.81. The van der Waals surface area contributed by atoms with E-state index in [1.165, 1.54) is 0 Å². The van der Waals surface area contributed by atoms with Crippen molar-refractivity contribution in [3.05, 3.63) is 0 Å². The maximum Gasteiger partial charge on any atom is 0.223 e. The van der Waals surface area contributed by atoms with Crippen molar-refractivity contribution in [1.29, 1.82) is 0 Å². The van der Waals surface area contributed by atoms with Gasteiger partial charge in [0.05, 0.1) is 12.5 Å². The summed E-state index contributed by atoms with van der Waals surface area (Å²) in [6.07, 6.45) is 3.48. The van der Waals surface area contributed by atoms with E-state index in [9.17, 15) is 4.79 Å². The first-order chi connectivity index (χ1) is 7.03. The molecule has 0 saturated carbocycles. The lowest BCUT2D eigenvalue weighted by Gasteiger charge is -2.26. The Morgan fingerprint density at radius 2 is 2.33 bits per heavy atom. The summed E-state index contributed by atoms with van der Waals surface area (Å²) >= 11 is 0. The van der Waals surface area contributed by atoms with Crippen LogP contribution in [0.1, 0.15) is 39.5 Å². The van der Waals surface area contributed by atoms with Crippen LogP contribution in [0.2, 0.25) is 0 Å². The van der Waals surface area contributed by atoms with Gasteiger partial charge < -0.3 is 15.8 Å². The topological polar surface area (TPSA) is 64.3 Å². The van der Waals surface area contributed by atoms with Gasteiger partial charge in [0.2, 0.25) is 5.91 Å². The standard InChI is InChI=1S/C11H22N2O2/c1-11(2,5-6-12)13-10(14)8-9-4-3-7-15-9/h9H,3-8,12H2,1-2H3,(H,13,14). The molecule has 1 amide bonds. The lowest BCUT2D eigenvalue weighted by Crippen LogP contribution is -2.45. The minimum Gasteiger partial charge on any atom is -0.378 e. The van der Waals surface area contributed by atoms with Crippen molar-refractivity contribution in [2.75, 3.05) is 13.2 Å². The van der Waals surface area contributed by atoms with Crippen molar-refractivity contribution in [3.63, 3.8) is 0 Å². The lowest BCUT2D eigenvalue weighted by atomic mass is 10.0. The third-order valence-electron chi connectivity index (χ3n) is 2.68. The summed E-state index contributed by atoms with van der Waals surface area (Å²) in [5.41, 5.74) is 5.27. The molecule has 4 nitrogen and oxygen atoms in total. The summed E-state index contributed by atoms with van der Waals surface area (Å²) < 4.78 is 5.41. The molecule has 3 N–H and O–H groups in total. The number of hydrogen-bond donors (Lipinski definition) is 2. The number of ether oxygens (including phenoxy) is 1. The summed E-state index contributed by atoms with van der Waals surface area (Å²) in [4.78, 5) is 11.7. The van der Waals surface area contributed by atoms with Crippen LogP contribution in [-0.2, 0) is 9.53 Å². The molecule has 0 aliphatic carbocycles. The normalized spacial score (nSPS) is 21.7. The molecule has 1 rings (SSSR count). The van der Waals surface area contributed by atoms with Crippen LogP contribution in [0.4, 0.5) is 0 Å². The number of carbonyl (C=O) groups is 1. The first-order valence-corrected chi connectivity index (χ1v) is 5.66. The number of hydrogen-bond acceptors (Lipinski definition) is 3. The van der Waals surface area contributed by atoms with E-state index in [4.69, 9.17) is 10.5 Å². The summed E-state index contributed by atoms with van der Waals surface area (Å²) in [7, 11) is 0. The van der Waals surface area contributed by atoms with Crippen LogP contribution in [0.3, 0.4) is 0 Å². The van der Waals surface area contributed by atoms with Gasteiger partial charge in [0.15, 0.2) is 0 Å². The molecule has 1 unspecified atom stereocenters. The van der Waals surface area contributed by atoms with E-state index in [1.54, 1.807) is 0 Å². The Kier molecular flexibility index (Phi) is 4.54. The zero-order chi connectivity index (χ0) is 11.3. The molecule has 1 aliphatic rings. The van der Waals surface area contributed by atoms with Gasteiger partial charge in [-0.3, -0.25) is 4.79 Å². The van der Waals surface area contributed by atoms with Crippen LogP contribution in [0.25, 0.3) is 0 Å². The summed E-state index contributed by atoms with van der Waals surface area (Å²) in [5, 5.41) is 2.99. The minimum absolute atomic E-state index is 0.0698. The Labute approximate surface area is 91.5 Å². The molecular weight excluding hydrogens is 192 g/mol. The maximum atomic E-state index is 11.7. The Morgan fingerprint density at radius 3 is 2.87 bits per heavy atom.